The molecule has 0 amide bonds. The van der Waals surface area contributed by atoms with Crippen molar-refractivity contribution < 1.29 is 25.6 Å². The summed E-state index contributed by atoms with van der Waals surface area (Å²) in [6, 6.07) is 47.0. The van der Waals surface area contributed by atoms with Crippen molar-refractivity contribution in [2.45, 2.75) is 26.2 Å². The molecule has 9 aromatic rings. The van der Waals surface area contributed by atoms with E-state index in [0.717, 1.165) is 66.3 Å². The van der Waals surface area contributed by atoms with Crippen LogP contribution in [0.5, 0.6) is 0 Å². The van der Waals surface area contributed by atoms with Crippen LogP contribution in [0, 0.1) is 29.8 Å². The molecule has 0 aliphatic rings. The fourth-order valence-corrected chi connectivity index (χ4v) is 7.12. The third kappa shape index (κ3) is 4.57. The van der Waals surface area contributed by atoms with Crippen molar-refractivity contribution in [2.24, 2.45) is 7.05 Å². The van der Waals surface area contributed by atoms with Crippen molar-refractivity contribution in [3.63, 3.8) is 0 Å². The number of hydrogen-bond donors (Lipinski definition) is 0. The van der Waals surface area contributed by atoms with E-state index in [0.29, 0.717) is 11.2 Å². The average molecular weight is 814 g/mol. The van der Waals surface area contributed by atoms with E-state index in [1.165, 1.54) is 5.56 Å². The molecule has 0 unspecified atom stereocenters. The maximum atomic E-state index is 10.9. The summed E-state index contributed by atoms with van der Waals surface area (Å²) in [5, 5.41) is 14.6. The van der Waals surface area contributed by atoms with Crippen molar-refractivity contribution in [1.82, 2.24) is 18.7 Å². The molecule has 0 bridgehead atoms. The number of aromatic nitrogens is 5. The topological polar surface area (TPSA) is 55.4 Å². The summed E-state index contributed by atoms with van der Waals surface area (Å²) in [4.78, 5) is 5.48. The van der Waals surface area contributed by atoms with Crippen molar-refractivity contribution >= 4 is 54.9 Å². The number of hydrogen-bond acceptors (Lipinski definition) is 2. The van der Waals surface area contributed by atoms with E-state index < -0.39 is 0 Å². The van der Waals surface area contributed by atoms with Gasteiger partial charge in [-0.2, -0.15) is 47.2 Å². The van der Waals surface area contributed by atoms with E-state index in [2.05, 4.69) is 109 Å². The Morgan fingerprint density at radius 3 is 1.96 bits per heavy atom. The second-order valence-corrected chi connectivity index (χ2v) is 13.3. The first-order chi connectivity index (χ1) is 23.3. The third-order valence-corrected chi connectivity index (χ3v) is 9.40. The largest absolute Gasteiger partial charge is 0.342 e. The molecule has 240 valence electrons. The van der Waals surface area contributed by atoms with E-state index in [1.807, 2.05) is 70.8 Å². The zero-order valence-electron chi connectivity index (χ0n) is 27.4. The molecule has 0 radical (unpaired) electrons. The molecule has 0 atom stereocenters. The van der Waals surface area contributed by atoms with Crippen LogP contribution in [-0.2, 0) is 33.5 Å². The minimum Gasteiger partial charge on any atom is -0.342 e. The quantitative estimate of drug-likeness (QED) is 0.133. The number of nitrogens with zero attached hydrogens (tertiary/aromatic N) is 6. The number of imidazole rings is 1. The van der Waals surface area contributed by atoms with Gasteiger partial charge in [0.2, 0.25) is 6.33 Å². The van der Waals surface area contributed by atoms with E-state index in [4.69, 9.17) is 4.98 Å². The fourth-order valence-electron chi connectivity index (χ4n) is 7.12. The van der Waals surface area contributed by atoms with Crippen LogP contribution < -0.4 is 4.57 Å². The molecule has 0 spiro atoms. The van der Waals surface area contributed by atoms with Gasteiger partial charge in [0.25, 0.3) is 0 Å². The smallest absolute Gasteiger partial charge is 0.242 e. The summed E-state index contributed by atoms with van der Waals surface area (Å²) in [6.07, 6.45) is 3.44. The van der Waals surface area contributed by atoms with Crippen molar-refractivity contribution in [2.75, 3.05) is 0 Å². The number of rotatable bonds is 3. The Bertz CT molecular complexity index is 2800. The summed E-state index contributed by atoms with van der Waals surface area (Å²) < 4.78 is 8.33. The molecule has 4 aromatic heterocycles. The number of para-hydroxylation sites is 4. The minimum absolute atomic E-state index is 0. The van der Waals surface area contributed by atoms with Crippen LogP contribution in [0.4, 0.5) is 0 Å². The SMILES string of the molecule is C[n+]1[c-]n(-c2[c-]c(-n3c4ccccc4c4c(C#N)c5c6ccccc6n(-c6[c-]ccc(C(C)(C)C)c6)c5nc43)ccc2)c2ccccc21.[Pt]. The summed E-state index contributed by atoms with van der Waals surface area (Å²) in [6.45, 7) is 6.64. The van der Waals surface area contributed by atoms with Crippen LogP contribution in [0.3, 0.4) is 0 Å². The number of pyridine rings is 1. The maximum absolute atomic E-state index is 10.9. The molecule has 4 heterocycles. The first kappa shape index (κ1) is 30.8. The Morgan fingerprint density at radius 2 is 1.31 bits per heavy atom. The molecular formula is C42H30N6Pt-2. The number of aryl methyl sites for hydroxylation is 1. The molecular weight excluding hydrogens is 784 g/mol. The molecule has 7 heteroatoms. The Hall–Kier alpha value is -5.50. The first-order valence-electron chi connectivity index (χ1n) is 16.0. The van der Waals surface area contributed by atoms with Crippen LogP contribution in [0.1, 0.15) is 31.9 Å². The molecule has 0 saturated carbocycles. The van der Waals surface area contributed by atoms with Crippen LogP contribution in [0.25, 0.3) is 72.0 Å². The Labute approximate surface area is 298 Å². The van der Waals surface area contributed by atoms with Crippen LogP contribution in [0.15, 0.2) is 109 Å². The summed E-state index contributed by atoms with van der Waals surface area (Å²) in [5.41, 5.74) is 9.84. The fraction of sp³-hybridized carbons (Fsp3) is 0.119. The molecule has 0 N–H and O–H groups in total. The summed E-state index contributed by atoms with van der Waals surface area (Å²) >= 11 is 0. The van der Waals surface area contributed by atoms with E-state index in [1.54, 1.807) is 0 Å². The molecule has 0 aliphatic heterocycles. The van der Waals surface area contributed by atoms with E-state index in [-0.39, 0.29) is 26.5 Å². The molecule has 9 rings (SSSR count). The van der Waals surface area contributed by atoms with Crippen LogP contribution in [0.2, 0.25) is 0 Å². The predicted molar refractivity (Wildman–Crippen MR) is 191 cm³/mol. The van der Waals surface area contributed by atoms with Gasteiger partial charge >= 0.3 is 0 Å². The van der Waals surface area contributed by atoms with Gasteiger partial charge in [-0.25, -0.2) is 4.98 Å². The summed E-state index contributed by atoms with van der Waals surface area (Å²) in [5.74, 6) is 0. The minimum atomic E-state index is -0.0477. The third-order valence-electron chi connectivity index (χ3n) is 9.40. The van der Waals surface area contributed by atoms with Crippen molar-refractivity contribution in [3.8, 4) is 23.1 Å². The number of nitriles is 1. The van der Waals surface area contributed by atoms with Gasteiger partial charge in [0.1, 0.15) is 17.4 Å². The van der Waals surface area contributed by atoms with Gasteiger partial charge < -0.3 is 18.3 Å². The normalized spacial score (nSPS) is 11.9. The number of benzene rings is 5. The maximum Gasteiger partial charge on any atom is 0.242 e. The molecule has 0 aliphatic carbocycles. The van der Waals surface area contributed by atoms with Crippen LogP contribution in [-0.4, -0.2) is 18.7 Å². The second-order valence-electron chi connectivity index (χ2n) is 13.3. The Kier molecular flexibility index (Phi) is 7.10. The number of fused-ring (bicyclic) bond motifs is 7. The van der Waals surface area contributed by atoms with Gasteiger partial charge in [-0.1, -0.05) is 98.5 Å². The second kappa shape index (κ2) is 11.3. The van der Waals surface area contributed by atoms with E-state index >= 15 is 0 Å². The average Bonchev–Trinajstić information content (AvgIpc) is 3.74. The monoisotopic (exact) mass is 813 g/mol. The van der Waals surface area contributed by atoms with Crippen molar-refractivity contribution in [3.05, 3.63) is 139 Å². The zero-order valence-corrected chi connectivity index (χ0v) is 29.7. The molecule has 6 nitrogen and oxygen atoms in total. The van der Waals surface area contributed by atoms with Gasteiger partial charge in [-0.05, 0) is 17.5 Å². The Balaban J connectivity index is 0.00000348. The Morgan fingerprint density at radius 1 is 0.714 bits per heavy atom. The van der Waals surface area contributed by atoms with Gasteiger partial charge in [0.15, 0.2) is 0 Å². The standard InChI is InChI=1S/C42H30N6.Pt/c1-42(2,3)27-13-11-15-29(23-27)47-34-19-7-5-17-31(34)38-33(25-43)39-32-18-6-8-20-35(32)48(41(39)44-40(38)47)30-16-12-14-28(24-30)46-26-45(4)36-21-9-10-22-37(36)46;/h5-14,16-23H,1-4H3;/q-2;. The molecule has 49 heavy (non-hydrogen) atoms. The predicted octanol–water partition coefficient (Wildman–Crippen LogP) is 8.61. The van der Waals surface area contributed by atoms with Gasteiger partial charge in [0, 0.05) is 42.6 Å². The van der Waals surface area contributed by atoms with Gasteiger partial charge in [-0.3, -0.25) is 0 Å². The van der Waals surface area contributed by atoms with E-state index in [9.17, 15) is 5.26 Å². The molecule has 0 saturated heterocycles. The molecule has 0 fully saturated rings. The van der Waals surface area contributed by atoms with Crippen molar-refractivity contribution in [1.29, 1.82) is 5.26 Å². The zero-order chi connectivity index (χ0) is 32.7. The first-order valence-corrected chi connectivity index (χ1v) is 16.0. The van der Waals surface area contributed by atoms with Gasteiger partial charge in [0.05, 0.1) is 34.7 Å². The summed E-state index contributed by atoms with van der Waals surface area (Å²) in [7, 11) is 2.00. The molecule has 5 aromatic carbocycles. The van der Waals surface area contributed by atoms with Crippen LogP contribution >= 0.6 is 0 Å². The van der Waals surface area contributed by atoms with Gasteiger partial charge in [-0.15, -0.1) is 12.1 Å².